The molecule has 7 heteroatoms. The second-order valence-corrected chi connectivity index (χ2v) is 7.72. The summed E-state index contributed by atoms with van der Waals surface area (Å²) < 4.78 is 20.6. The number of aromatic hydroxyl groups is 1. The third kappa shape index (κ3) is 4.63. The molecule has 33 heavy (non-hydrogen) atoms. The van der Waals surface area contributed by atoms with Crippen LogP contribution in [0.15, 0.2) is 77.9 Å². The van der Waals surface area contributed by atoms with Crippen molar-refractivity contribution in [3.8, 4) is 28.4 Å². The lowest BCUT2D eigenvalue weighted by atomic mass is 10.00. The summed E-state index contributed by atoms with van der Waals surface area (Å²) in [7, 11) is 1.38. The standard InChI is InChI=1S/C26H23FN2O4/c1-16-6-3-4-9-21(16)17-7-5-8-19(10-17)29-15-25(32)24(31)13-20(29)12-23(30)22-11-18(27)14-28-26(22)33-2/h3-11,13-15,23,30,32H,12H2,1-2H3. The van der Waals surface area contributed by atoms with E-state index in [0.29, 0.717) is 11.4 Å². The van der Waals surface area contributed by atoms with Crippen molar-refractivity contribution >= 4 is 0 Å². The molecule has 0 radical (unpaired) electrons. The molecule has 4 aromatic rings. The minimum Gasteiger partial charge on any atom is -0.503 e. The molecule has 0 aliphatic rings. The summed E-state index contributed by atoms with van der Waals surface area (Å²) in [5.41, 5.74) is 3.84. The Labute approximate surface area is 190 Å². The summed E-state index contributed by atoms with van der Waals surface area (Å²) in [5.74, 6) is -0.934. The highest BCUT2D eigenvalue weighted by atomic mass is 19.1. The average molecular weight is 446 g/mol. The van der Waals surface area contributed by atoms with E-state index in [0.717, 1.165) is 29.0 Å². The van der Waals surface area contributed by atoms with Crippen LogP contribution in [0.3, 0.4) is 0 Å². The molecule has 0 saturated heterocycles. The quantitative estimate of drug-likeness (QED) is 0.460. The van der Waals surface area contributed by atoms with Gasteiger partial charge in [-0.1, -0.05) is 36.4 Å². The van der Waals surface area contributed by atoms with E-state index < -0.39 is 23.1 Å². The normalized spacial score (nSPS) is 11.9. The monoisotopic (exact) mass is 446 g/mol. The zero-order valence-corrected chi connectivity index (χ0v) is 18.2. The van der Waals surface area contributed by atoms with Gasteiger partial charge in [-0.2, -0.15) is 0 Å². The van der Waals surface area contributed by atoms with Gasteiger partial charge in [-0.15, -0.1) is 0 Å². The number of rotatable bonds is 6. The fourth-order valence-electron chi connectivity index (χ4n) is 3.84. The minimum atomic E-state index is -1.20. The predicted octanol–water partition coefficient (Wildman–Crippen LogP) is 4.34. The molecule has 0 bridgehead atoms. The Morgan fingerprint density at radius 1 is 1.12 bits per heavy atom. The lowest BCUT2D eigenvalue weighted by Crippen LogP contribution is -2.15. The van der Waals surface area contributed by atoms with Gasteiger partial charge in [-0.05, 0) is 41.8 Å². The molecule has 0 amide bonds. The van der Waals surface area contributed by atoms with E-state index in [1.807, 2.05) is 55.5 Å². The molecule has 6 nitrogen and oxygen atoms in total. The van der Waals surface area contributed by atoms with Gasteiger partial charge in [0.25, 0.3) is 0 Å². The number of benzene rings is 2. The van der Waals surface area contributed by atoms with Gasteiger partial charge in [0.15, 0.2) is 5.75 Å². The largest absolute Gasteiger partial charge is 0.503 e. The van der Waals surface area contributed by atoms with Crippen molar-refractivity contribution < 1.29 is 19.3 Å². The molecule has 1 atom stereocenters. The summed E-state index contributed by atoms with van der Waals surface area (Å²) in [4.78, 5) is 16.1. The van der Waals surface area contributed by atoms with Crippen LogP contribution in [0.1, 0.15) is 22.9 Å². The molecule has 2 heterocycles. The first-order chi connectivity index (χ1) is 15.9. The topological polar surface area (TPSA) is 84.6 Å². The van der Waals surface area contributed by atoms with Gasteiger partial charge in [0, 0.05) is 29.4 Å². The second kappa shape index (κ2) is 9.26. The summed E-state index contributed by atoms with van der Waals surface area (Å²) >= 11 is 0. The fraction of sp³-hybridized carbons (Fsp3) is 0.154. The van der Waals surface area contributed by atoms with Gasteiger partial charge in [0.2, 0.25) is 11.3 Å². The van der Waals surface area contributed by atoms with Crippen LogP contribution in [0.5, 0.6) is 11.6 Å². The van der Waals surface area contributed by atoms with Crippen LogP contribution in [0.25, 0.3) is 16.8 Å². The Bertz CT molecular complexity index is 1370. The van der Waals surface area contributed by atoms with Crippen LogP contribution in [0.4, 0.5) is 4.39 Å². The number of aryl methyl sites for hydroxylation is 1. The summed E-state index contributed by atoms with van der Waals surface area (Å²) in [6, 6.07) is 18.0. The van der Waals surface area contributed by atoms with Gasteiger partial charge >= 0.3 is 0 Å². The number of halogens is 1. The maximum absolute atomic E-state index is 13.8. The minimum absolute atomic E-state index is 0.0361. The zero-order chi connectivity index (χ0) is 23.5. The number of pyridine rings is 2. The molecule has 0 aliphatic heterocycles. The number of nitrogens with zero attached hydrogens (tertiary/aromatic N) is 2. The Hall–Kier alpha value is -3.97. The lowest BCUT2D eigenvalue weighted by molar-refractivity contribution is 0.170. The van der Waals surface area contributed by atoms with Crippen LogP contribution in [-0.2, 0) is 6.42 Å². The van der Waals surface area contributed by atoms with Crippen molar-refractivity contribution in [2.24, 2.45) is 0 Å². The van der Waals surface area contributed by atoms with E-state index in [4.69, 9.17) is 4.74 Å². The Morgan fingerprint density at radius 2 is 1.91 bits per heavy atom. The van der Waals surface area contributed by atoms with Crippen molar-refractivity contribution in [2.45, 2.75) is 19.4 Å². The molecule has 2 aromatic carbocycles. The number of hydrogen-bond acceptors (Lipinski definition) is 5. The first-order valence-electron chi connectivity index (χ1n) is 10.4. The maximum atomic E-state index is 13.8. The predicted molar refractivity (Wildman–Crippen MR) is 123 cm³/mol. The molecule has 2 aromatic heterocycles. The SMILES string of the molecule is COc1ncc(F)cc1C(O)Cc1cc(=O)c(O)cn1-c1cccc(-c2ccccc2C)c1. The Kier molecular flexibility index (Phi) is 6.24. The lowest BCUT2D eigenvalue weighted by Gasteiger charge is -2.19. The van der Waals surface area contributed by atoms with Crippen molar-refractivity contribution in [3.63, 3.8) is 0 Å². The summed E-state index contributed by atoms with van der Waals surface area (Å²) in [5, 5.41) is 21.0. The molecular formula is C26H23FN2O4. The second-order valence-electron chi connectivity index (χ2n) is 7.72. The van der Waals surface area contributed by atoms with Crippen molar-refractivity contribution in [1.29, 1.82) is 0 Å². The van der Waals surface area contributed by atoms with Crippen molar-refractivity contribution in [1.82, 2.24) is 9.55 Å². The van der Waals surface area contributed by atoms with E-state index in [-0.39, 0.29) is 17.9 Å². The number of aliphatic hydroxyl groups is 1. The maximum Gasteiger partial charge on any atom is 0.223 e. The number of aromatic nitrogens is 2. The third-order valence-corrected chi connectivity index (χ3v) is 5.49. The smallest absolute Gasteiger partial charge is 0.223 e. The van der Waals surface area contributed by atoms with E-state index in [1.54, 1.807) is 4.57 Å². The van der Waals surface area contributed by atoms with Crippen molar-refractivity contribution in [3.05, 3.63) is 106 Å². The van der Waals surface area contributed by atoms with Gasteiger partial charge < -0.3 is 19.5 Å². The number of methoxy groups -OCH3 is 1. The van der Waals surface area contributed by atoms with Gasteiger partial charge in [0.1, 0.15) is 5.82 Å². The number of aliphatic hydroxyl groups excluding tert-OH is 1. The van der Waals surface area contributed by atoms with Crippen LogP contribution in [0.2, 0.25) is 0 Å². The van der Waals surface area contributed by atoms with Gasteiger partial charge in [-0.25, -0.2) is 9.37 Å². The van der Waals surface area contributed by atoms with Gasteiger partial charge in [0.05, 0.1) is 25.6 Å². The van der Waals surface area contributed by atoms with E-state index in [1.165, 1.54) is 19.4 Å². The number of ether oxygens (including phenoxy) is 1. The fourth-order valence-corrected chi connectivity index (χ4v) is 3.84. The van der Waals surface area contributed by atoms with E-state index in [9.17, 15) is 19.4 Å². The van der Waals surface area contributed by atoms with E-state index in [2.05, 4.69) is 4.98 Å². The first kappa shape index (κ1) is 22.2. The number of hydrogen-bond donors (Lipinski definition) is 2. The molecular weight excluding hydrogens is 423 g/mol. The molecule has 0 aliphatic carbocycles. The van der Waals surface area contributed by atoms with Crippen LogP contribution < -0.4 is 10.2 Å². The Balaban J connectivity index is 1.78. The van der Waals surface area contributed by atoms with Crippen molar-refractivity contribution in [2.75, 3.05) is 7.11 Å². The third-order valence-electron chi connectivity index (χ3n) is 5.49. The van der Waals surface area contributed by atoms with Crippen LogP contribution in [0, 0.1) is 12.7 Å². The molecule has 1 unspecified atom stereocenters. The summed E-state index contributed by atoms with van der Waals surface area (Å²) in [6.07, 6.45) is 1.09. The molecule has 168 valence electrons. The highest BCUT2D eigenvalue weighted by Crippen LogP contribution is 2.29. The molecule has 0 fully saturated rings. The van der Waals surface area contributed by atoms with Crippen LogP contribution >= 0.6 is 0 Å². The average Bonchev–Trinajstić information content (AvgIpc) is 2.81. The molecule has 2 N–H and O–H groups in total. The van der Waals surface area contributed by atoms with Crippen LogP contribution in [-0.4, -0.2) is 26.9 Å². The zero-order valence-electron chi connectivity index (χ0n) is 18.2. The summed E-state index contributed by atoms with van der Waals surface area (Å²) in [6.45, 7) is 2.02. The first-order valence-corrected chi connectivity index (χ1v) is 10.4. The molecule has 0 spiro atoms. The highest BCUT2D eigenvalue weighted by Gasteiger charge is 2.19. The van der Waals surface area contributed by atoms with E-state index >= 15 is 0 Å². The highest BCUT2D eigenvalue weighted by molar-refractivity contribution is 5.69. The Morgan fingerprint density at radius 3 is 2.67 bits per heavy atom. The molecule has 0 saturated carbocycles. The molecule has 4 rings (SSSR count). The van der Waals surface area contributed by atoms with Gasteiger partial charge in [-0.3, -0.25) is 4.79 Å².